The Morgan fingerprint density at radius 1 is 0.875 bits per heavy atom. The van der Waals surface area contributed by atoms with Gasteiger partial charge >= 0.3 is 7.25 Å². The molecule has 0 N–H and O–H groups in total. The molecule has 16 heavy (non-hydrogen) atoms. The van der Waals surface area contributed by atoms with Crippen molar-refractivity contribution in [2.75, 3.05) is 40.8 Å². The van der Waals surface area contributed by atoms with Gasteiger partial charge in [0, 0.05) is 14.2 Å². The van der Waals surface area contributed by atoms with E-state index in [9.17, 15) is 17.3 Å². The van der Waals surface area contributed by atoms with Crippen molar-refractivity contribution in [1.82, 2.24) is 0 Å². The molecule has 0 aliphatic heterocycles. The first-order valence-corrected chi connectivity index (χ1v) is 4.95. The van der Waals surface area contributed by atoms with Gasteiger partial charge in [-0.1, -0.05) is 0 Å². The van der Waals surface area contributed by atoms with Crippen molar-refractivity contribution in [3.63, 3.8) is 0 Å². The minimum atomic E-state index is -6.00. The smallest absolute Gasteiger partial charge is 0.418 e. The fourth-order valence-corrected chi connectivity index (χ4v) is 1.17. The van der Waals surface area contributed by atoms with Crippen molar-refractivity contribution in [2.45, 2.75) is 13.8 Å². The molecule has 0 radical (unpaired) electrons. The van der Waals surface area contributed by atoms with Crippen LogP contribution in [0.25, 0.3) is 0 Å². The Labute approximate surface area is 94.0 Å². The highest BCUT2D eigenvalue weighted by molar-refractivity contribution is 6.50. The first kappa shape index (κ1) is 18.0. The van der Waals surface area contributed by atoms with E-state index in [0.717, 1.165) is 31.0 Å². The van der Waals surface area contributed by atoms with Gasteiger partial charge in [0.15, 0.2) is 13.5 Å². The molecule has 0 unspecified atom stereocenters. The van der Waals surface area contributed by atoms with Crippen LogP contribution in [0, 0.1) is 0 Å². The molecule has 0 spiro atoms. The molecule has 0 aromatic carbocycles. The molecule has 0 fully saturated rings. The summed E-state index contributed by atoms with van der Waals surface area (Å²) in [5.41, 5.74) is 0. The van der Waals surface area contributed by atoms with Gasteiger partial charge in [0.25, 0.3) is 0 Å². The van der Waals surface area contributed by atoms with Crippen LogP contribution in [0.15, 0.2) is 0 Å². The minimum Gasteiger partial charge on any atom is -0.418 e. The number of ether oxygens (including phenoxy) is 2. The zero-order chi connectivity index (χ0) is 13.2. The summed E-state index contributed by atoms with van der Waals surface area (Å²) in [6, 6.07) is 0. The highest BCUT2D eigenvalue weighted by Gasteiger charge is 2.22. The predicted molar refractivity (Wildman–Crippen MR) is 55.3 cm³/mol. The fourth-order valence-electron chi connectivity index (χ4n) is 1.17. The van der Waals surface area contributed by atoms with Crippen LogP contribution in [0.2, 0.25) is 0 Å². The van der Waals surface area contributed by atoms with Crippen LogP contribution in [0.4, 0.5) is 17.3 Å². The third-order valence-corrected chi connectivity index (χ3v) is 2.15. The van der Waals surface area contributed by atoms with E-state index in [0.29, 0.717) is 0 Å². The van der Waals surface area contributed by atoms with Crippen molar-refractivity contribution in [2.24, 2.45) is 0 Å². The molecule has 0 aliphatic carbocycles. The molecular weight excluding hydrogens is 229 g/mol. The Hall–Kier alpha value is -0.335. The van der Waals surface area contributed by atoms with E-state index >= 15 is 0 Å². The number of hydrogen-bond acceptors (Lipinski definition) is 2. The second-order valence-corrected chi connectivity index (χ2v) is 3.30. The first-order chi connectivity index (χ1) is 7.24. The lowest BCUT2D eigenvalue weighted by atomic mass is 10.3. The molecule has 0 amide bonds. The Morgan fingerprint density at radius 2 is 1.12 bits per heavy atom. The van der Waals surface area contributed by atoms with Gasteiger partial charge in [-0.05, 0) is 13.8 Å². The Kier molecular flexibility index (Phi) is 9.90. The summed E-state index contributed by atoms with van der Waals surface area (Å²) in [4.78, 5) is 0. The van der Waals surface area contributed by atoms with Crippen molar-refractivity contribution in [3.8, 4) is 0 Å². The molecule has 0 atom stereocenters. The molecule has 8 heteroatoms. The SMILES string of the molecule is CC[N+](CC)(COC)COC.F[B-](F)(F)F. The highest BCUT2D eigenvalue weighted by Crippen LogP contribution is 2.06. The summed E-state index contributed by atoms with van der Waals surface area (Å²) in [7, 11) is -2.54. The molecule has 0 aliphatic rings. The van der Waals surface area contributed by atoms with Gasteiger partial charge < -0.3 is 26.7 Å². The third kappa shape index (κ3) is 11.7. The number of quaternary nitrogens is 1. The van der Waals surface area contributed by atoms with Gasteiger partial charge in [0.1, 0.15) is 0 Å². The van der Waals surface area contributed by atoms with E-state index in [1.807, 2.05) is 0 Å². The lowest BCUT2D eigenvalue weighted by Gasteiger charge is -2.34. The fraction of sp³-hybridized carbons (Fsp3) is 1.00. The summed E-state index contributed by atoms with van der Waals surface area (Å²) in [6.07, 6.45) is 0. The van der Waals surface area contributed by atoms with Crippen molar-refractivity contribution >= 4 is 7.25 Å². The number of halogens is 4. The molecule has 0 saturated carbocycles. The summed E-state index contributed by atoms with van der Waals surface area (Å²) >= 11 is 0. The lowest BCUT2D eigenvalue weighted by Crippen LogP contribution is -2.50. The van der Waals surface area contributed by atoms with Gasteiger partial charge in [0.05, 0.1) is 13.1 Å². The summed E-state index contributed by atoms with van der Waals surface area (Å²) < 4.78 is 50.1. The molecule has 0 saturated heterocycles. The third-order valence-electron chi connectivity index (χ3n) is 2.15. The van der Waals surface area contributed by atoms with E-state index in [1.165, 1.54) is 0 Å². The molecular formula is C8H20BF4NO2. The molecule has 0 aromatic heterocycles. The van der Waals surface area contributed by atoms with Gasteiger partial charge in [-0.25, -0.2) is 0 Å². The predicted octanol–water partition coefficient (Wildman–Crippen LogP) is 2.35. The van der Waals surface area contributed by atoms with Gasteiger partial charge in [-0.3, -0.25) is 4.48 Å². The maximum absolute atomic E-state index is 9.75. The van der Waals surface area contributed by atoms with Crippen molar-refractivity contribution in [3.05, 3.63) is 0 Å². The number of methoxy groups -OCH3 is 2. The molecule has 0 rings (SSSR count). The number of nitrogens with zero attached hydrogens (tertiary/aromatic N) is 1. The van der Waals surface area contributed by atoms with Crippen LogP contribution in [0.1, 0.15) is 13.8 Å². The minimum absolute atomic E-state index is 0.737. The Bertz CT molecular complexity index is 151. The number of hydrogen-bond donors (Lipinski definition) is 0. The largest absolute Gasteiger partial charge is 0.673 e. The second-order valence-electron chi connectivity index (χ2n) is 3.30. The van der Waals surface area contributed by atoms with Crippen LogP contribution < -0.4 is 0 Å². The Morgan fingerprint density at radius 3 is 1.25 bits per heavy atom. The average Bonchev–Trinajstić information content (AvgIpc) is 2.15. The monoisotopic (exact) mass is 249 g/mol. The summed E-state index contributed by atoms with van der Waals surface area (Å²) in [5, 5.41) is 0. The summed E-state index contributed by atoms with van der Waals surface area (Å²) in [6.45, 7) is 7.89. The van der Waals surface area contributed by atoms with Crippen molar-refractivity contribution < 1.29 is 31.2 Å². The van der Waals surface area contributed by atoms with E-state index in [1.54, 1.807) is 14.2 Å². The molecule has 100 valence electrons. The van der Waals surface area contributed by atoms with E-state index < -0.39 is 7.25 Å². The topological polar surface area (TPSA) is 18.5 Å². The quantitative estimate of drug-likeness (QED) is 0.311. The first-order valence-electron chi connectivity index (χ1n) is 4.95. The molecule has 0 heterocycles. The summed E-state index contributed by atoms with van der Waals surface area (Å²) in [5.74, 6) is 0. The van der Waals surface area contributed by atoms with Crippen LogP contribution in [0.3, 0.4) is 0 Å². The normalized spacial score (nSPS) is 12.0. The van der Waals surface area contributed by atoms with Crippen LogP contribution in [-0.4, -0.2) is 52.5 Å². The van der Waals surface area contributed by atoms with Gasteiger partial charge in [-0.2, -0.15) is 0 Å². The zero-order valence-electron chi connectivity index (χ0n) is 10.2. The lowest BCUT2D eigenvalue weighted by molar-refractivity contribution is -0.958. The maximum atomic E-state index is 9.75. The number of rotatable bonds is 6. The van der Waals surface area contributed by atoms with E-state index in [-0.39, 0.29) is 0 Å². The van der Waals surface area contributed by atoms with Crippen molar-refractivity contribution in [1.29, 1.82) is 0 Å². The van der Waals surface area contributed by atoms with Crippen LogP contribution in [0.5, 0.6) is 0 Å². The maximum Gasteiger partial charge on any atom is 0.673 e. The molecule has 0 bridgehead atoms. The van der Waals surface area contributed by atoms with E-state index in [4.69, 9.17) is 9.47 Å². The van der Waals surface area contributed by atoms with Crippen LogP contribution >= 0.6 is 0 Å². The Balaban J connectivity index is 0. The van der Waals surface area contributed by atoms with Crippen LogP contribution in [-0.2, 0) is 9.47 Å². The second kappa shape index (κ2) is 8.78. The van der Waals surface area contributed by atoms with Gasteiger partial charge in [0.2, 0.25) is 0 Å². The average molecular weight is 249 g/mol. The standard InChI is InChI=1S/C8H20NO2.BF4/c1-5-9(6-2,7-10-3)8-11-4;2-1(3,4)5/h5-8H2,1-4H3;/q+1;-1. The highest BCUT2D eigenvalue weighted by atomic mass is 19.5. The molecule has 0 aromatic rings. The zero-order valence-corrected chi connectivity index (χ0v) is 10.2. The van der Waals surface area contributed by atoms with E-state index in [2.05, 4.69) is 13.8 Å². The molecule has 3 nitrogen and oxygen atoms in total. The van der Waals surface area contributed by atoms with Gasteiger partial charge in [-0.15, -0.1) is 0 Å².